The molecule has 8 nitrogen and oxygen atoms in total. The zero-order chi connectivity index (χ0) is 17.3. The quantitative estimate of drug-likeness (QED) is 0.705. The van der Waals surface area contributed by atoms with Crippen molar-refractivity contribution >= 4 is 37.4 Å². The van der Waals surface area contributed by atoms with Crippen LogP contribution < -0.4 is 15.0 Å². The van der Waals surface area contributed by atoms with Crippen molar-refractivity contribution in [2.24, 2.45) is 0 Å². The van der Waals surface area contributed by atoms with Crippen LogP contribution in [-0.4, -0.2) is 41.4 Å². The van der Waals surface area contributed by atoms with E-state index < -0.39 is 31.5 Å². The molecule has 2 rings (SSSR count). The minimum Gasteiger partial charge on any atom is -0.496 e. The maximum absolute atomic E-state index is 12.1. The zero-order valence-corrected chi connectivity index (χ0v) is 14.3. The van der Waals surface area contributed by atoms with Crippen molar-refractivity contribution in [1.29, 1.82) is 0 Å². The molecule has 0 atom stereocenters. The number of ether oxygens (including phenoxy) is 1. The van der Waals surface area contributed by atoms with Crippen molar-refractivity contribution in [2.75, 3.05) is 18.6 Å². The Morgan fingerprint density at radius 1 is 1.35 bits per heavy atom. The number of sulfone groups is 1. The molecule has 0 bridgehead atoms. The van der Waals surface area contributed by atoms with Gasteiger partial charge in [0.25, 0.3) is 15.9 Å². The van der Waals surface area contributed by atoms with E-state index in [1.165, 1.54) is 25.3 Å². The van der Waals surface area contributed by atoms with E-state index in [9.17, 15) is 21.6 Å². The molecule has 0 spiro atoms. The average Bonchev–Trinajstić information content (AvgIpc) is 2.86. The summed E-state index contributed by atoms with van der Waals surface area (Å²) in [4.78, 5) is 13.6. The van der Waals surface area contributed by atoms with E-state index in [1.807, 2.05) is 10.3 Å². The molecule has 0 radical (unpaired) electrons. The van der Waals surface area contributed by atoms with Gasteiger partial charge in [0.2, 0.25) is 0 Å². The third kappa shape index (κ3) is 4.22. The van der Waals surface area contributed by atoms with Crippen LogP contribution in [0.2, 0.25) is 5.02 Å². The largest absolute Gasteiger partial charge is 0.496 e. The molecular weight excluding hydrogens is 368 g/mol. The third-order valence-corrected chi connectivity index (χ3v) is 6.19. The summed E-state index contributed by atoms with van der Waals surface area (Å²) in [5.74, 6) is -1.54. The summed E-state index contributed by atoms with van der Waals surface area (Å²) in [6, 6.07) is 4.27. The standard InChI is InChI=1S/C12H13ClN2O6S2/c1-21-11-3-2-8(13)6-10(11)12(16)14-15-23(19,20)9-4-5-22(17,18)7-9/h2-4,6,15H,5,7H2,1H3,(H,14,16). The number of benzene rings is 1. The fourth-order valence-electron chi connectivity index (χ4n) is 1.85. The molecule has 0 unspecified atom stereocenters. The second kappa shape index (κ2) is 6.48. The highest BCUT2D eigenvalue weighted by Gasteiger charge is 2.29. The van der Waals surface area contributed by atoms with Gasteiger partial charge in [0, 0.05) is 5.02 Å². The van der Waals surface area contributed by atoms with Crippen molar-refractivity contribution in [3.05, 3.63) is 39.8 Å². The van der Waals surface area contributed by atoms with Gasteiger partial charge < -0.3 is 4.74 Å². The molecule has 0 aromatic heterocycles. The van der Waals surface area contributed by atoms with E-state index in [2.05, 4.69) is 0 Å². The normalized spacial score (nSPS) is 16.7. The van der Waals surface area contributed by atoms with Crippen LogP contribution in [0.3, 0.4) is 0 Å². The molecule has 1 heterocycles. The average molecular weight is 381 g/mol. The van der Waals surface area contributed by atoms with Crippen molar-refractivity contribution < 1.29 is 26.4 Å². The zero-order valence-electron chi connectivity index (χ0n) is 11.9. The van der Waals surface area contributed by atoms with Gasteiger partial charge in [0.15, 0.2) is 9.84 Å². The first-order chi connectivity index (χ1) is 10.6. The highest BCUT2D eigenvalue weighted by atomic mass is 35.5. The topological polar surface area (TPSA) is 119 Å². The molecule has 23 heavy (non-hydrogen) atoms. The first kappa shape index (κ1) is 17.7. The number of carbonyl (C=O) groups is 1. The second-order valence-corrected chi connectivity index (χ2v) is 8.91. The van der Waals surface area contributed by atoms with E-state index in [0.717, 1.165) is 6.08 Å². The SMILES string of the molecule is COc1ccc(Cl)cc1C(=O)NNS(=O)(=O)C1=CCS(=O)(=O)C1. The number of hydrogen-bond acceptors (Lipinski definition) is 6. The summed E-state index contributed by atoms with van der Waals surface area (Å²) in [6.45, 7) is 0. The predicted octanol–water partition coefficient (Wildman–Crippen LogP) is 0.225. The smallest absolute Gasteiger partial charge is 0.270 e. The summed E-state index contributed by atoms with van der Waals surface area (Å²) in [5.41, 5.74) is 2.02. The van der Waals surface area contributed by atoms with Crippen molar-refractivity contribution in [1.82, 2.24) is 10.3 Å². The van der Waals surface area contributed by atoms with Crippen LogP contribution in [0.5, 0.6) is 5.75 Å². The van der Waals surface area contributed by atoms with E-state index in [0.29, 0.717) is 0 Å². The molecule has 1 aromatic rings. The minimum absolute atomic E-state index is 0.0238. The summed E-state index contributed by atoms with van der Waals surface area (Å²) >= 11 is 5.79. The Kier molecular flexibility index (Phi) is 4.99. The molecule has 1 amide bonds. The van der Waals surface area contributed by atoms with Crippen LogP contribution in [0.15, 0.2) is 29.2 Å². The molecule has 0 saturated carbocycles. The molecule has 0 aliphatic carbocycles. The lowest BCUT2D eigenvalue weighted by molar-refractivity contribution is 0.0942. The Labute approximate surface area is 138 Å². The van der Waals surface area contributed by atoms with Crippen LogP contribution in [0.25, 0.3) is 0 Å². The first-order valence-corrected chi connectivity index (χ1v) is 9.88. The summed E-state index contributed by atoms with van der Waals surface area (Å²) in [6.07, 6.45) is 1.09. The van der Waals surface area contributed by atoms with Crippen LogP contribution in [0.1, 0.15) is 10.4 Å². The molecule has 2 N–H and O–H groups in total. The summed E-state index contributed by atoms with van der Waals surface area (Å²) in [7, 11) is -6.24. The molecule has 0 fully saturated rings. The van der Waals surface area contributed by atoms with Gasteiger partial charge in [0.05, 0.1) is 29.1 Å². The molecular formula is C12H13ClN2O6S2. The number of carbonyl (C=O) groups excluding carboxylic acids is 1. The maximum Gasteiger partial charge on any atom is 0.270 e. The number of halogens is 1. The van der Waals surface area contributed by atoms with E-state index in [1.54, 1.807) is 0 Å². The minimum atomic E-state index is -4.14. The fourth-order valence-corrected chi connectivity index (χ4v) is 5.07. The maximum atomic E-state index is 12.1. The van der Waals surface area contributed by atoms with Gasteiger partial charge in [-0.2, -0.15) is 0 Å². The van der Waals surface area contributed by atoms with Crippen LogP contribution in [0, 0.1) is 0 Å². The number of hydrazine groups is 1. The van der Waals surface area contributed by atoms with Crippen molar-refractivity contribution in [3.63, 3.8) is 0 Å². The molecule has 1 aliphatic heterocycles. The number of amides is 1. The molecule has 1 aliphatic rings. The van der Waals surface area contributed by atoms with Gasteiger partial charge in [-0.3, -0.25) is 10.2 Å². The van der Waals surface area contributed by atoms with Gasteiger partial charge in [-0.1, -0.05) is 17.7 Å². The van der Waals surface area contributed by atoms with E-state index in [4.69, 9.17) is 16.3 Å². The molecule has 1 aromatic carbocycles. The highest BCUT2D eigenvalue weighted by molar-refractivity contribution is 7.97. The van der Waals surface area contributed by atoms with Crippen molar-refractivity contribution in [2.45, 2.75) is 0 Å². The predicted molar refractivity (Wildman–Crippen MR) is 84.3 cm³/mol. The number of nitrogens with one attached hydrogen (secondary N) is 2. The molecule has 126 valence electrons. The molecule has 11 heteroatoms. The van der Waals surface area contributed by atoms with Crippen LogP contribution >= 0.6 is 11.6 Å². The number of rotatable bonds is 5. The Bertz CT molecular complexity index is 877. The number of methoxy groups -OCH3 is 1. The van der Waals surface area contributed by atoms with Gasteiger partial charge in [-0.05, 0) is 18.2 Å². The van der Waals surface area contributed by atoms with Crippen molar-refractivity contribution in [3.8, 4) is 5.75 Å². The Balaban J connectivity index is 2.12. The Morgan fingerprint density at radius 2 is 2.04 bits per heavy atom. The summed E-state index contributed by atoms with van der Waals surface area (Å²) in [5, 5.41) is 0.267. The lowest BCUT2D eigenvalue weighted by Gasteiger charge is -2.11. The van der Waals surface area contributed by atoms with Gasteiger partial charge in [-0.25, -0.2) is 16.8 Å². The monoisotopic (exact) mass is 380 g/mol. The Morgan fingerprint density at radius 3 is 2.61 bits per heavy atom. The third-order valence-electron chi connectivity index (χ3n) is 2.98. The lowest BCUT2D eigenvalue weighted by Crippen LogP contribution is -2.42. The Hall–Kier alpha value is -1.62. The van der Waals surface area contributed by atoms with Gasteiger partial charge in [-0.15, -0.1) is 4.83 Å². The molecule has 0 saturated heterocycles. The van der Waals surface area contributed by atoms with Gasteiger partial charge in [0.1, 0.15) is 5.75 Å². The number of sulfonamides is 1. The number of hydrogen-bond donors (Lipinski definition) is 2. The lowest BCUT2D eigenvalue weighted by atomic mass is 10.2. The van der Waals surface area contributed by atoms with Crippen LogP contribution in [0.4, 0.5) is 0 Å². The fraction of sp³-hybridized carbons (Fsp3) is 0.250. The van der Waals surface area contributed by atoms with E-state index in [-0.39, 0.29) is 27.0 Å². The first-order valence-electron chi connectivity index (χ1n) is 6.20. The van der Waals surface area contributed by atoms with Crippen LogP contribution in [-0.2, 0) is 19.9 Å². The highest BCUT2D eigenvalue weighted by Crippen LogP contribution is 2.22. The van der Waals surface area contributed by atoms with E-state index >= 15 is 0 Å². The van der Waals surface area contributed by atoms with Gasteiger partial charge >= 0.3 is 0 Å². The second-order valence-electron chi connectivity index (χ2n) is 4.63. The summed E-state index contributed by atoms with van der Waals surface area (Å²) < 4.78 is 51.5.